The highest BCUT2D eigenvalue weighted by atomic mass is 32.1. The second kappa shape index (κ2) is 8.13. The molecule has 3 rings (SSSR count). The quantitative estimate of drug-likeness (QED) is 0.725. The van der Waals surface area contributed by atoms with Crippen LogP contribution in [0.3, 0.4) is 0 Å². The fourth-order valence-electron chi connectivity index (χ4n) is 3.56. The van der Waals surface area contributed by atoms with Gasteiger partial charge in [-0.1, -0.05) is 6.92 Å². The maximum atomic E-state index is 13.2. The fraction of sp³-hybridized carbons (Fsp3) is 0.556. The molecule has 0 atom stereocenters. The van der Waals surface area contributed by atoms with Crippen molar-refractivity contribution < 1.29 is 27.9 Å². The average Bonchev–Trinajstić information content (AvgIpc) is 3.27. The first-order valence-corrected chi connectivity index (χ1v) is 10.1. The van der Waals surface area contributed by atoms with Gasteiger partial charge in [-0.3, -0.25) is 9.48 Å². The van der Waals surface area contributed by atoms with Gasteiger partial charge in [0.2, 0.25) is 5.91 Å². The van der Waals surface area contributed by atoms with Crippen molar-refractivity contribution in [2.24, 2.45) is 0 Å². The van der Waals surface area contributed by atoms with Crippen molar-refractivity contribution in [1.29, 1.82) is 0 Å². The smallest absolute Gasteiger partial charge is 0.435 e. The lowest BCUT2D eigenvalue weighted by molar-refractivity contribution is -0.255. The molecule has 1 saturated heterocycles. The van der Waals surface area contributed by atoms with Crippen LogP contribution >= 0.6 is 11.3 Å². The van der Waals surface area contributed by atoms with E-state index in [1.165, 1.54) is 23.6 Å². The molecule has 0 spiro atoms. The van der Waals surface area contributed by atoms with E-state index in [0.717, 1.165) is 4.68 Å². The number of hydrogen-bond donors (Lipinski definition) is 0. The van der Waals surface area contributed by atoms with E-state index < -0.39 is 17.8 Å². The molecule has 29 heavy (non-hydrogen) atoms. The minimum Gasteiger partial charge on any atom is -0.543 e. The Balaban J connectivity index is 1.64. The molecule has 0 radical (unpaired) electrons. The summed E-state index contributed by atoms with van der Waals surface area (Å²) in [5.74, 6) is -1.56. The Bertz CT molecular complexity index is 914. The summed E-state index contributed by atoms with van der Waals surface area (Å²) in [6.07, 6.45) is -3.15. The number of hydrogen-bond acceptors (Lipinski definition) is 6. The third-order valence-electron chi connectivity index (χ3n) is 5.17. The molecule has 0 bridgehead atoms. The van der Waals surface area contributed by atoms with Gasteiger partial charge in [-0.15, -0.1) is 11.3 Å². The van der Waals surface area contributed by atoms with Crippen molar-refractivity contribution in [1.82, 2.24) is 19.7 Å². The second-order valence-electron chi connectivity index (χ2n) is 6.94. The predicted molar refractivity (Wildman–Crippen MR) is 96.3 cm³/mol. The van der Waals surface area contributed by atoms with Gasteiger partial charge in [-0.05, 0) is 26.2 Å². The van der Waals surface area contributed by atoms with E-state index in [-0.39, 0.29) is 36.0 Å². The molecule has 158 valence electrons. The Morgan fingerprint density at radius 1 is 1.31 bits per heavy atom. The van der Waals surface area contributed by atoms with Crippen LogP contribution in [0.2, 0.25) is 0 Å². The number of alkyl halides is 3. The van der Waals surface area contributed by atoms with Crippen molar-refractivity contribution in [2.45, 2.75) is 51.7 Å². The molecular weight excluding hydrogens is 409 g/mol. The number of thiazole rings is 1. The van der Waals surface area contributed by atoms with Crippen molar-refractivity contribution in [3.05, 3.63) is 33.0 Å². The Labute approximate surface area is 169 Å². The van der Waals surface area contributed by atoms with Crippen LogP contribution in [0.4, 0.5) is 13.2 Å². The predicted octanol–water partition coefficient (Wildman–Crippen LogP) is 2.00. The molecule has 0 aromatic carbocycles. The molecule has 11 heteroatoms. The third kappa shape index (κ3) is 4.44. The number of amides is 1. The molecule has 7 nitrogen and oxygen atoms in total. The average molecular weight is 429 g/mol. The molecule has 1 aliphatic rings. The normalized spacial score (nSPS) is 15.7. The van der Waals surface area contributed by atoms with Crippen molar-refractivity contribution >= 4 is 23.2 Å². The van der Waals surface area contributed by atoms with Crippen molar-refractivity contribution in [3.8, 4) is 0 Å². The van der Waals surface area contributed by atoms with Crippen LogP contribution in [0.5, 0.6) is 0 Å². The summed E-state index contributed by atoms with van der Waals surface area (Å²) in [6, 6.07) is 0. The van der Waals surface area contributed by atoms with Crippen LogP contribution in [-0.4, -0.2) is 44.6 Å². The fourth-order valence-corrected chi connectivity index (χ4v) is 4.52. The number of aromatic nitrogens is 3. The highest BCUT2D eigenvalue weighted by Gasteiger charge is 2.38. The zero-order valence-electron chi connectivity index (χ0n) is 16.0. The first-order valence-electron chi connectivity index (χ1n) is 9.19. The molecule has 1 amide bonds. The first-order chi connectivity index (χ1) is 13.6. The topological polar surface area (TPSA) is 91.2 Å². The number of nitrogens with zero attached hydrogens (tertiary/aromatic N) is 4. The summed E-state index contributed by atoms with van der Waals surface area (Å²) < 4.78 is 40.6. The van der Waals surface area contributed by atoms with Gasteiger partial charge in [-0.25, -0.2) is 4.98 Å². The lowest BCUT2D eigenvalue weighted by atomic mass is 9.97. The summed E-state index contributed by atoms with van der Waals surface area (Å²) in [6.45, 7) is 3.78. The van der Waals surface area contributed by atoms with Crippen molar-refractivity contribution in [3.63, 3.8) is 0 Å². The Morgan fingerprint density at radius 2 is 1.97 bits per heavy atom. The van der Waals surface area contributed by atoms with Gasteiger partial charge < -0.3 is 14.8 Å². The van der Waals surface area contributed by atoms with Crippen molar-refractivity contribution in [2.75, 3.05) is 13.1 Å². The van der Waals surface area contributed by atoms with Crippen LogP contribution < -0.4 is 5.11 Å². The van der Waals surface area contributed by atoms with Gasteiger partial charge in [0.25, 0.3) is 0 Å². The summed E-state index contributed by atoms with van der Waals surface area (Å²) in [5.41, 5.74) is -0.571. The van der Waals surface area contributed by atoms with E-state index in [0.29, 0.717) is 36.6 Å². The summed E-state index contributed by atoms with van der Waals surface area (Å²) in [5, 5.41) is 16.6. The highest BCUT2D eigenvalue weighted by Crippen LogP contribution is 2.33. The third-order valence-corrected chi connectivity index (χ3v) is 6.17. The van der Waals surface area contributed by atoms with Gasteiger partial charge in [-0.2, -0.15) is 18.3 Å². The number of carboxylic acid groups (broad SMARTS) is 1. The van der Waals surface area contributed by atoms with E-state index in [1.807, 2.05) is 0 Å². The molecule has 2 aromatic heterocycles. The molecule has 0 saturated carbocycles. The minimum atomic E-state index is -4.55. The SMILES string of the molecule is CCc1c(C(F)(F)F)nn(CC(=O)N2CCC(c3nc(C(=O)[O-])cs3)CC2)c1C. The van der Waals surface area contributed by atoms with E-state index in [2.05, 4.69) is 10.1 Å². The molecule has 0 N–H and O–H groups in total. The first kappa shape index (κ1) is 21.3. The lowest BCUT2D eigenvalue weighted by Gasteiger charge is -2.31. The van der Waals surface area contributed by atoms with Gasteiger partial charge in [0.05, 0.1) is 16.7 Å². The molecule has 1 aliphatic heterocycles. The molecular formula is C18H20F3N4O3S-. The Kier molecular flexibility index (Phi) is 5.97. The van der Waals surface area contributed by atoms with Crippen LogP contribution in [-0.2, 0) is 23.9 Å². The minimum absolute atomic E-state index is 0.0483. The lowest BCUT2D eigenvalue weighted by Crippen LogP contribution is -2.40. The zero-order valence-corrected chi connectivity index (χ0v) is 16.8. The van der Waals surface area contributed by atoms with Crippen LogP contribution in [0.15, 0.2) is 5.38 Å². The number of piperidine rings is 1. The van der Waals surface area contributed by atoms with E-state index in [9.17, 15) is 27.9 Å². The van der Waals surface area contributed by atoms with Crippen LogP contribution in [0.1, 0.15) is 58.1 Å². The molecule has 1 fully saturated rings. The van der Waals surface area contributed by atoms with Crippen LogP contribution in [0, 0.1) is 6.92 Å². The van der Waals surface area contributed by atoms with Crippen LogP contribution in [0.25, 0.3) is 0 Å². The number of aromatic carboxylic acids is 1. The Morgan fingerprint density at radius 3 is 2.45 bits per heavy atom. The van der Waals surface area contributed by atoms with E-state index in [4.69, 9.17) is 0 Å². The number of carboxylic acids is 1. The molecule has 0 aliphatic carbocycles. The largest absolute Gasteiger partial charge is 0.543 e. The summed E-state index contributed by atoms with van der Waals surface area (Å²) >= 11 is 1.25. The maximum Gasteiger partial charge on any atom is 0.435 e. The molecule has 3 heterocycles. The monoisotopic (exact) mass is 429 g/mol. The number of rotatable bonds is 5. The number of carbonyl (C=O) groups is 2. The zero-order chi connectivity index (χ0) is 21.3. The van der Waals surface area contributed by atoms with Gasteiger partial charge in [0, 0.05) is 35.6 Å². The standard InChI is InChI=1S/C18H21F3N4O3S/c1-3-12-10(2)25(23-15(12)18(19,20)21)8-14(26)24-6-4-11(5-7-24)16-22-13(9-29-16)17(27)28/h9,11H,3-8H2,1-2H3,(H,27,28)/p-1. The Hall–Kier alpha value is -2.43. The second-order valence-corrected chi connectivity index (χ2v) is 7.82. The highest BCUT2D eigenvalue weighted by molar-refractivity contribution is 7.09. The molecule has 2 aromatic rings. The maximum absolute atomic E-state index is 13.2. The van der Waals surface area contributed by atoms with E-state index in [1.54, 1.807) is 11.8 Å². The summed E-state index contributed by atoms with van der Waals surface area (Å²) in [7, 11) is 0. The number of carbonyl (C=O) groups excluding carboxylic acids is 2. The summed E-state index contributed by atoms with van der Waals surface area (Å²) in [4.78, 5) is 29.1. The van der Waals surface area contributed by atoms with Gasteiger partial charge in [0.1, 0.15) is 6.54 Å². The van der Waals surface area contributed by atoms with Gasteiger partial charge >= 0.3 is 6.18 Å². The van der Waals surface area contributed by atoms with E-state index >= 15 is 0 Å². The van der Waals surface area contributed by atoms with Gasteiger partial charge in [0.15, 0.2) is 5.69 Å². The molecule has 0 unspecified atom stereocenters. The number of halogens is 3. The number of likely N-dealkylation sites (tertiary alicyclic amines) is 1.